The van der Waals surface area contributed by atoms with Gasteiger partial charge in [0.2, 0.25) is 5.88 Å². The third-order valence-corrected chi connectivity index (χ3v) is 3.05. The quantitative estimate of drug-likeness (QED) is 0.744. The summed E-state index contributed by atoms with van der Waals surface area (Å²) in [4.78, 5) is 8.40. The van der Waals surface area contributed by atoms with Gasteiger partial charge in [-0.15, -0.1) is 0 Å². The lowest BCUT2D eigenvalue weighted by Gasteiger charge is -2.09. The average Bonchev–Trinajstić information content (AvgIpc) is 2.48. The van der Waals surface area contributed by atoms with Crippen LogP contribution in [0.15, 0.2) is 48.8 Å². The van der Waals surface area contributed by atoms with Crippen LogP contribution in [0.3, 0.4) is 0 Å². The number of nitrogens with zero attached hydrogens (tertiary/aromatic N) is 2. The van der Waals surface area contributed by atoms with Crippen LogP contribution in [-0.2, 0) is 11.3 Å². The monoisotopic (exact) mass is 281 g/mol. The first kappa shape index (κ1) is 13.3. The number of benzene rings is 2. The topological polar surface area (TPSA) is 70.3 Å². The molecule has 0 aliphatic heterocycles. The van der Waals surface area contributed by atoms with Crippen LogP contribution in [0.1, 0.15) is 5.56 Å². The Kier molecular flexibility index (Phi) is 3.66. The molecule has 1 aromatic heterocycles. The molecule has 0 spiro atoms. The highest BCUT2D eigenvalue weighted by molar-refractivity contribution is 5.85. The number of fused-ring (bicyclic) bond motifs is 1. The molecule has 0 bridgehead atoms. The Hall–Kier alpha value is -2.66. The SMILES string of the molecule is COCc1cccc(Oc2ncnc3cc(N)ccc23)c1. The van der Waals surface area contributed by atoms with Gasteiger partial charge in [-0.1, -0.05) is 12.1 Å². The molecule has 1 heterocycles. The van der Waals surface area contributed by atoms with Crippen LogP contribution >= 0.6 is 0 Å². The summed E-state index contributed by atoms with van der Waals surface area (Å²) < 4.78 is 11.0. The molecule has 0 radical (unpaired) electrons. The largest absolute Gasteiger partial charge is 0.438 e. The Labute approximate surface area is 122 Å². The number of ether oxygens (including phenoxy) is 2. The van der Waals surface area contributed by atoms with E-state index in [1.165, 1.54) is 6.33 Å². The Bertz CT molecular complexity index is 774. The Balaban J connectivity index is 1.96. The van der Waals surface area contributed by atoms with Crippen LogP contribution in [0.5, 0.6) is 11.6 Å². The van der Waals surface area contributed by atoms with Gasteiger partial charge >= 0.3 is 0 Å². The summed E-state index contributed by atoms with van der Waals surface area (Å²) in [6.07, 6.45) is 1.47. The predicted octanol–water partition coefficient (Wildman–Crippen LogP) is 3.15. The number of rotatable bonds is 4. The summed E-state index contributed by atoms with van der Waals surface area (Å²) in [5.74, 6) is 1.22. The van der Waals surface area contributed by atoms with Gasteiger partial charge in [0.15, 0.2) is 0 Å². The Morgan fingerprint density at radius 1 is 1.10 bits per heavy atom. The van der Waals surface area contributed by atoms with Crippen LogP contribution in [-0.4, -0.2) is 17.1 Å². The maximum Gasteiger partial charge on any atom is 0.230 e. The highest BCUT2D eigenvalue weighted by Crippen LogP contribution is 2.28. The van der Waals surface area contributed by atoms with Gasteiger partial charge in [0, 0.05) is 12.8 Å². The molecule has 2 N–H and O–H groups in total. The van der Waals surface area contributed by atoms with Gasteiger partial charge in [-0.25, -0.2) is 9.97 Å². The van der Waals surface area contributed by atoms with E-state index < -0.39 is 0 Å². The summed E-state index contributed by atoms with van der Waals surface area (Å²) >= 11 is 0. The molecule has 3 aromatic rings. The second-order valence-corrected chi connectivity index (χ2v) is 4.64. The van der Waals surface area contributed by atoms with Gasteiger partial charge in [-0.05, 0) is 35.9 Å². The number of anilines is 1. The van der Waals surface area contributed by atoms with Crippen LogP contribution in [0.2, 0.25) is 0 Å². The van der Waals surface area contributed by atoms with Crippen LogP contribution in [0, 0.1) is 0 Å². The molecule has 2 aromatic carbocycles. The van der Waals surface area contributed by atoms with Crippen LogP contribution in [0.25, 0.3) is 10.9 Å². The molecule has 5 heteroatoms. The minimum atomic E-state index is 0.509. The first-order chi connectivity index (χ1) is 10.3. The molecule has 21 heavy (non-hydrogen) atoms. The average molecular weight is 281 g/mol. The predicted molar refractivity (Wildman–Crippen MR) is 81.2 cm³/mol. The smallest absolute Gasteiger partial charge is 0.230 e. The van der Waals surface area contributed by atoms with E-state index >= 15 is 0 Å². The zero-order valence-corrected chi connectivity index (χ0v) is 11.6. The lowest BCUT2D eigenvalue weighted by atomic mass is 10.2. The molecule has 3 rings (SSSR count). The van der Waals surface area contributed by atoms with Crippen molar-refractivity contribution in [2.45, 2.75) is 6.61 Å². The van der Waals surface area contributed by atoms with Crippen LogP contribution < -0.4 is 10.5 Å². The second-order valence-electron chi connectivity index (χ2n) is 4.64. The first-order valence-electron chi connectivity index (χ1n) is 6.52. The molecule has 0 amide bonds. The highest BCUT2D eigenvalue weighted by atomic mass is 16.5. The second kappa shape index (κ2) is 5.76. The Morgan fingerprint density at radius 3 is 2.86 bits per heavy atom. The van der Waals surface area contributed by atoms with E-state index in [-0.39, 0.29) is 0 Å². The van der Waals surface area contributed by atoms with E-state index in [0.717, 1.165) is 16.5 Å². The van der Waals surface area contributed by atoms with Gasteiger partial charge in [0.1, 0.15) is 12.1 Å². The molecule has 106 valence electrons. The summed E-state index contributed by atoms with van der Waals surface area (Å²) in [6, 6.07) is 13.2. The fraction of sp³-hybridized carbons (Fsp3) is 0.125. The number of nitrogens with two attached hydrogens (primary N) is 1. The van der Waals surface area contributed by atoms with E-state index in [1.807, 2.05) is 30.3 Å². The van der Waals surface area contributed by atoms with Crippen molar-refractivity contribution in [3.05, 3.63) is 54.4 Å². The molecule has 0 fully saturated rings. The fourth-order valence-corrected chi connectivity index (χ4v) is 2.11. The van der Waals surface area contributed by atoms with Crippen molar-refractivity contribution in [3.8, 4) is 11.6 Å². The van der Waals surface area contributed by atoms with Gasteiger partial charge in [0.05, 0.1) is 17.5 Å². The van der Waals surface area contributed by atoms with Crippen molar-refractivity contribution in [3.63, 3.8) is 0 Å². The van der Waals surface area contributed by atoms with Crippen molar-refractivity contribution in [1.29, 1.82) is 0 Å². The van der Waals surface area contributed by atoms with Gasteiger partial charge in [-0.3, -0.25) is 0 Å². The summed E-state index contributed by atoms with van der Waals surface area (Å²) in [7, 11) is 1.66. The maximum atomic E-state index is 5.87. The standard InChI is InChI=1S/C16H15N3O2/c1-20-9-11-3-2-4-13(7-11)21-16-14-6-5-12(17)8-15(14)18-10-19-16/h2-8,10H,9,17H2,1H3. The number of methoxy groups -OCH3 is 1. The molecular weight excluding hydrogens is 266 g/mol. The van der Waals surface area contributed by atoms with Gasteiger partial charge < -0.3 is 15.2 Å². The zero-order chi connectivity index (χ0) is 14.7. The molecule has 0 aliphatic carbocycles. The number of hydrogen-bond donors (Lipinski definition) is 1. The van der Waals surface area contributed by atoms with Gasteiger partial charge in [-0.2, -0.15) is 0 Å². The normalized spacial score (nSPS) is 10.7. The van der Waals surface area contributed by atoms with E-state index in [1.54, 1.807) is 19.2 Å². The number of aromatic nitrogens is 2. The minimum absolute atomic E-state index is 0.509. The molecule has 0 aliphatic rings. The number of hydrogen-bond acceptors (Lipinski definition) is 5. The molecule has 0 saturated carbocycles. The van der Waals surface area contributed by atoms with Crippen molar-refractivity contribution >= 4 is 16.6 Å². The highest BCUT2D eigenvalue weighted by Gasteiger charge is 2.07. The number of nitrogen functional groups attached to an aromatic ring is 1. The van der Waals surface area contributed by atoms with Crippen molar-refractivity contribution in [1.82, 2.24) is 9.97 Å². The zero-order valence-electron chi connectivity index (χ0n) is 11.6. The fourth-order valence-electron chi connectivity index (χ4n) is 2.11. The lowest BCUT2D eigenvalue weighted by molar-refractivity contribution is 0.184. The van der Waals surface area contributed by atoms with E-state index in [4.69, 9.17) is 15.2 Å². The minimum Gasteiger partial charge on any atom is -0.438 e. The molecule has 5 nitrogen and oxygen atoms in total. The van der Waals surface area contributed by atoms with Crippen molar-refractivity contribution in [2.24, 2.45) is 0 Å². The third-order valence-electron chi connectivity index (χ3n) is 3.05. The van der Waals surface area contributed by atoms with E-state index in [0.29, 0.717) is 23.9 Å². The Morgan fingerprint density at radius 2 is 2.00 bits per heavy atom. The first-order valence-corrected chi connectivity index (χ1v) is 6.52. The lowest BCUT2D eigenvalue weighted by Crippen LogP contribution is -1.94. The molecule has 0 atom stereocenters. The third kappa shape index (κ3) is 2.93. The maximum absolute atomic E-state index is 5.87. The summed E-state index contributed by atoms with van der Waals surface area (Å²) in [6.45, 7) is 0.540. The van der Waals surface area contributed by atoms with E-state index in [9.17, 15) is 0 Å². The van der Waals surface area contributed by atoms with Crippen molar-refractivity contribution in [2.75, 3.05) is 12.8 Å². The van der Waals surface area contributed by atoms with Crippen molar-refractivity contribution < 1.29 is 9.47 Å². The molecule has 0 unspecified atom stereocenters. The van der Waals surface area contributed by atoms with Gasteiger partial charge in [0.25, 0.3) is 0 Å². The summed E-state index contributed by atoms with van der Waals surface area (Å²) in [5.41, 5.74) is 8.22. The van der Waals surface area contributed by atoms with Crippen LogP contribution in [0.4, 0.5) is 5.69 Å². The van der Waals surface area contributed by atoms with E-state index in [2.05, 4.69) is 9.97 Å². The molecule has 0 saturated heterocycles. The summed E-state index contributed by atoms with van der Waals surface area (Å²) in [5, 5.41) is 0.823. The molecular formula is C16H15N3O2.